The highest BCUT2D eigenvalue weighted by molar-refractivity contribution is 5.75. The third-order valence-corrected chi connectivity index (χ3v) is 2.68. The first kappa shape index (κ1) is 16.9. The van der Waals surface area contributed by atoms with Gasteiger partial charge in [-0.25, -0.2) is 4.79 Å². The molecule has 5 heteroatoms. The number of aliphatic carboxylic acids is 1. The molecule has 0 aromatic heterocycles. The van der Waals surface area contributed by atoms with E-state index in [0.29, 0.717) is 0 Å². The number of unbranched alkanes of at least 4 members (excludes halogenated alkanes) is 1. The largest absolute Gasteiger partial charge is 0.481 e. The molecule has 106 valence electrons. The van der Waals surface area contributed by atoms with E-state index in [0.717, 1.165) is 32.1 Å². The molecule has 0 aliphatic carbocycles. The van der Waals surface area contributed by atoms with Gasteiger partial charge in [0.25, 0.3) is 0 Å². The van der Waals surface area contributed by atoms with Crippen molar-refractivity contribution >= 4 is 11.9 Å². The summed E-state index contributed by atoms with van der Waals surface area (Å²) >= 11 is 0. The second-order valence-corrected chi connectivity index (χ2v) is 4.44. The highest BCUT2D eigenvalue weighted by atomic mass is 16.6. The first-order chi connectivity index (χ1) is 8.51. The molecular formula is C13H24O5. The van der Waals surface area contributed by atoms with Gasteiger partial charge in [-0.15, -0.1) is 0 Å². The Balaban J connectivity index is 4.09. The molecule has 0 bridgehead atoms. The number of hydrogen-bond acceptors (Lipinski definition) is 4. The first-order valence-electron chi connectivity index (χ1n) is 6.61. The summed E-state index contributed by atoms with van der Waals surface area (Å²) in [5.74, 6) is -1.73. The number of aliphatic hydroxyl groups excluding tert-OH is 1. The molecule has 2 atom stereocenters. The summed E-state index contributed by atoms with van der Waals surface area (Å²) in [5, 5.41) is 17.9. The summed E-state index contributed by atoms with van der Waals surface area (Å²) in [4.78, 5) is 21.9. The molecule has 0 radical (unpaired) electrons. The van der Waals surface area contributed by atoms with Crippen molar-refractivity contribution in [1.82, 2.24) is 0 Å². The van der Waals surface area contributed by atoms with Gasteiger partial charge in [-0.05, 0) is 19.3 Å². The fraction of sp³-hybridized carbons (Fsp3) is 0.846. The zero-order valence-corrected chi connectivity index (χ0v) is 11.2. The molecule has 0 rings (SSSR count). The van der Waals surface area contributed by atoms with Gasteiger partial charge in [-0.3, -0.25) is 4.79 Å². The fourth-order valence-electron chi connectivity index (χ4n) is 1.64. The van der Waals surface area contributed by atoms with E-state index in [1.54, 1.807) is 0 Å². The van der Waals surface area contributed by atoms with Gasteiger partial charge < -0.3 is 14.9 Å². The van der Waals surface area contributed by atoms with E-state index >= 15 is 0 Å². The summed E-state index contributed by atoms with van der Waals surface area (Å²) in [6.45, 7) is 4.07. The lowest BCUT2D eigenvalue weighted by Crippen LogP contribution is -2.28. The molecule has 0 heterocycles. The van der Waals surface area contributed by atoms with Crippen molar-refractivity contribution < 1.29 is 24.5 Å². The van der Waals surface area contributed by atoms with Gasteiger partial charge in [-0.2, -0.15) is 0 Å². The number of hydrogen-bond donors (Lipinski definition) is 2. The van der Waals surface area contributed by atoms with Crippen LogP contribution in [0.1, 0.15) is 58.8 Å². The molecule has 2 N–H and O–H groups in total. The molecule has 0 saturated carbocycles. The molecule has 0 saturated heterocycles. The van der Waals surface area contributed by atoms with E-state index in [-0.39, 0.29) is 18.9 Å². The normalized spacial score (nSPS) is 13.9. The van der Waals surface area contributed by atoms with Crippen LogP contribution in [0.2, 0.25) is 0 Å². The molecule has 1 unspecified atom stereocenters. The molecule has 0 aliphatic rings. The van der Waals surface area contributed by atoms with Crippen LogP contribution in [0, 0.1) is 0 Å². The van der Waals surface area contributed by atoms with E-state index in [1.807, 2.05) is 6.92 Å². The summed E-state index contributed by atoms with van der Waals surface area (Å²) < 4.78 is 5.21. The monoisotopic (exact) mass is 260 g/mol. The third kappa shape index (κ3) is 8.06. The first-order valence-corrected chi connectivity index (χ1v) is 6.61. The maximum absolute atomic E-state index is 11.5. The second kappa shape index (κ2) is 9.88. The Morgan fingerprint density at radius 1 is 1.11 bits per heavy atom. The Labute approximate surface area is 108 Å². The Morgan fingerprint density at radius 3 is 2.28 bits per heavy atom. The predicted octanol–water partition coefficient (Wildman–Crippen LogP) is 2.11. The van der Waals surface area contributed by atoms with Gasteiger partial charge in [-0.1, -0.05) is 33.1 Å². The average Bonchev–Trinajstić information content (AvgIpc) is 2.33. The van der Waals surface area contributed by atoms with Gasteiger partial charge in [0, 0.05) is 6.42 Å². The van der Waals surface area contributed by atoms with Crippen molar-refractivity contribution in [3.63, 3.8) is 0 Å². The van der Waals surface area contributed by atoms with E-state index in [9.17, 15) is 14.7 Å². The summed E-state index contributed by atoms with van der Waals surface area (Å²) in [6, 6.07) is 0. The van der Waals surface area contributed by atoms with Crippen LogP contribution in [-0.4, -0.2) is 34.4 Å². The zero-order chi connectivity index (χ0) is 14.0. The van der Waals surface area contributed by atoms with Crippen molar-refractivity contribution in [2.75, 3.05) is 0 Å². The lowest BCUT2D eigenvalue weighted by atomic mass is 10.1. The smallest absolute Gasteiger partial charge is 0.335 e. The Morgan fingerprint density at radius 2 is 1.78 bits per heavy atom. The number of ether oxygens (including phenoxy) is 1. The molecule has 0 aromatic rings. The van der Waals surface area contributed by atoms with Crippen molar-refractivity contribution in [3.05, 3.63) is 0 Å². The SMILES string of the molecule is CCCCC(CCC)OC(=O)[C@H](O)CCC(=O)O. The molecule has 0 aromatic carbocycles. The maximum atomic E-state index is 11.5. The number of rotatable bonds is 10. The molecule has 0 amide bonds. The van der Waals surface area contributed by atoms with Crippen LogP contribution in [0.4, 0.5) is 0 Å². The van der Waals surface area contributed by atoms with Gasteiger partial charge in [0.2, 0.25) is 0 Å². The third-order valence-electron chi connectivity index (χ3n) is 2.68. The van der Waals surface area contributed by atoms with Gasteiger partial charge in [0.15, 0.2) is 6.10 Å². The number of carbonyl (C=O) groups excluding carboxylic acids is 1. The maximum Gasteiger partial charge on any atom is 0.335 e. The van der Waals surface area contributed by atoms with Crippen LogP contribution in [0.25, 0.3) is 0 Å². The summed E-state index contributed by atoms with van der Waals surface area (Å²) in [7, 11) is 0. The lowest BCUT2D eigenvalue weighted by Gasteiger charge is -2.19. The Hall–Kier alpha value is -1.10. The highest BCUT2D eigenvalue weighted by Gasteiger charge is 2.21. The number of carboxylic acid groups (broad SMARTS) is 1. The number of carbonyl (C=O) groups is 2. The fourth-order valence-corrected chi connectivity index (χ4v) is 1.64. The molecule has 0 fully saturated rings. The van der Waals surface area contributed by atoms with Crippen LogP contribution >= 0.6 is 0 Å². The van der Waals surface area contributed by atoms with E-state index in [1.165, 1.54) is 0 Å². The Kier molecular flexibility index (Phi) is 9.28. The van der Waals surface area contributed by atoms with Gasteiger partial charge >= 0.3 is 11.9 Å². The lowest BCUT2D eigenvalue weighted by molar-refractivity contribution is -0.160. The standard InChI is InChI=1S/C13H24O5/c1-3-5-7-10(6-4-2)18-13(17)11(14)8-9-12(15)16/h10-11,14H,3-9H2,1-2H3,(H,15,16)/t10?,11-/m1/s1. The highest BCUT2D eigenvalue weighted by Crippen LogP contribution is 2.13. The van der Waals surface area contributed by atoms with Crippen LogP contribution in [0.3, 0.4) is 0 Å². The van der Waals surface area contributed by atoms with Crippen molar-refractivity contribution in [2.24, 2.45) is 0 Å². The number of esters is 1. The van der Waals surface area contributed by atoms with Crippen LogP contribution in [0.5, 0.6) is 0 Å². The minimum absolute atomic E-state index is 0.0964. The van der Waals surface area contributed by atoms with Crippen molar-refractivity contribution in [3.8, 4) is 0 Å². The molecule has 5 nitrogen and oxygen atoms in total. The van der Waals surface area contributed by atoms with E-state index in [4.69, 9.17) is 9.84 Å². The molecule has 0 aliphatic heterocycles. The van der Waals surface area contributed by atoms with Crippen LogP contribution in [-0.2, 0) is 14.3 Å². The Bertz CT molecular complexity index is 252. The van der Waals surface area contributed by atoms with Gasteiger partial charge in [0.05, 0.1) is 0 Å². The summed E-state index contributed by atoms with van der Waals surface area (Å²) in [6.07, 6.45) is 2.66. The van der Waals surface area contributed by atoms with Gasteiger partial charge in [0.1, 0.15) is 6.10 Å². The topological polar surface area (TPSA) is 83.8 Å². The van der Waals surface area contributed by atoms with Crippen LogP contribution in [0.15, 0.2) is 0 Å². The van der Waals surface area contributed by atoms with E-state index < -0.39 is 18.0 Å². The zero-order valence-electron chi connectivity index (χ0n) is 11.2. The summed E-state index contributed by atoms with van der Waals surface area (Å²) in [5.41, 5.74) is 0. The van der Waals surface area contributed by atoms with Crippen LogP contribution < -0.4 is 0 Å². The van der Waals surface area contributed by atoms with Crippen molar-refractivity contribution in [2.45, 2.75) is 71.0 Å². The molecular weight excluding hydrogens is 236 g/mol. The quantitative estimate of drug-likeness (QED) is 0.588. The minimum atomic E-state index is -1.33. The molecule has 0 spiro atoms. The minimum Gasteiger partial charge on any atom is -0.481 e. The molecule has 18 heavy (non-hydrogen) atoms. The predicted molar refractivity (Wildman–Crippen MR) is 67.2 cm³/mol. The average molecular weight is 260 g/mol. The van der Waals surface area contributed by atoms with E-state index in [2.05, 4.69) is 6.92 Å². The second-order valence-electron chi connectivity index (χ2n) is 4.44. The number of aliphatic hydroxyl groups is 1. The van der Waals surface area contributed by atoms with Crippen molar-refractivity contribution in [1.29, 1.82) is 0 Å². The number of carboxylic acids is 1.